The van der Waals surface area contributed by atoms with E-state index in [0.29, 0.717) is 19.7 Å². The zero-order valence-corrected chi connectivity index (χ0v) is 12.8. The van der Waals surface area contributed by atoms with Gasteiger partial charge in [0.25, 0.3) is 0 Å². The molecule has 1 amide bonds. The molecule has 1 N–H and O–H groups in total. The molecular weight excluding hydrogens is 280 g/mol. The van der Waals surface area contributed by atoms with Crippen LogP contribution in [0.3, 0.4) is 0 Å². The van der Waals surface area contributed by atoms with Crippen molar-refractivity contribution >= 4 is 15.7 Å². The van der Waals surface area contributed by atoms with E-state index in [1.54, 1.807) is 11.9 Å². The largest absolute Gasteiger partial charge is 0.379 e. The highest BCUT2D eigenvalue weighted by atomic mass is 32.2. The number of carbonyl (C=O) groups is 1. The third-order valence-corrected chi connectivity index (χ3v) is 5.51. The van der Waals surface area contributed by atoms with Gasteiger partial charge in [-0.3, -0.25) is 4.79 Å². The lowest BCUT2D eigenvalue weighted by atomic mass is 10.2. The molecular formula is C13H24N2O4S. The Hall–Kier alpha value is -0.660. The predicted octanol–water partition coefficient (Wildman–Crippen LogP) is -0.352. The topological polar surface area (TPSA) is 75.7 Å². The van der Waals surface area contributed by atoms with E-state index in [1.165, 1.54) is 12.8 Å². The maximum Gasteiger partial charge on any atom is 0.223 e. The second-order valence-electron chi connectivity index (χ2n) is 5.80. The van der Waals surface area contributed by atoms with Crippen molar-refractivity contribution in [2.45, 2.75) is 25.3 Å². The van der Waals surface area contributed by atoms with Crippen LogP contribution in [0.5, 0.6) is 0 Å². The number of carbonyl (C=O) groups excluding carboxylic acids is 1. The van der Waals surface area contributed by atoms with Gasteiger partial charge in [-0.25, -0.2) is 8.42 Å². The average Bonchev–Trinajstić information content (AvgIpc) is 3.17. The highest BCUT2D eigenvalue weighted by Crippen LogP contribution is 2.28. The van der Waals surface area contributed by atoms with Crippen LogP contribution in [0.1, 0.15) is 19.3 Å². The van der Waals surface area contributed by atoms with Gasteiger partial charge in [-0.2, -0.15) is 0 Å². The first-order valence-corrected chi connectivity index (χ1v) is 9.04. The summed E-state index contributed by atoms with van der Waals surface area (Å²) in [5, 5.41) is 3.09. The molecule has 1 unspecified atom stereocenters. The minimum Gasteiger partial charge on any atom is -0.379 e. The van der Waals surface area contributed by atoms with E-state index < -0.39 is 9.84 Å². The van der Waals surface area contributed by atoms with Crippen molar-refractivity contribution < 1.29 is 17.9 Å². The highest BCUT2D eigenvalue weighted by molar-refractivity contribution is 7.91. The van der Waals surface area contributed by atoms with Crippen LogP contribution in [0.25, 0.3) is 0 Å². The Morgan fingerprint density at radius 1 is 1.40 bits per heavy atom. The van der Waals surface area contributed by atoms with Crippen molar-refractivity contribution in [3.05, 3.63) is 0 Å². The number of rotatable bonds is 7. The molecule has 0 aromatic heterocycles. The molecule has 1 saturated carbocycles. The van der Waals surface area contributed by atoms with Gasteiger partial charge >= 0.3 is 0 Å². The summed E-state index contributed by atoms with van der Waals surface area (Å²) in [6.45, 7) is 2.35. The summed E-state index contributed by atoms with van der Waals surface area (Å²) in [6.07, 6.45) is 2.76. The number of sulfone groups is 1. The summed E-state index contributed by atoms with van der Waals surface area (Å²) in [4.78, 5) is 13.6. The first-order chi connectivity index (χ1) is 9.46. The lowest BCUT2D eigenvalue weighted by molar-refractivity contribution is -0.131. The fourth-order valence-electron chi connectivity index (χ4n) is 2.23. The van der Waals surface area contributed by atoms with E-state index in [2.05, 4.69) is 5.32 Å². The third kappa shape index (κ3) is 5.38. The van der Waals surface area contributed by atoms with Crippen molar-refractivity contribution in [2.24, 2.45) is 5.92 Å². The minimum absolute atomic E-state index is 0.0328. The van der Waals surface area contributed by atoms with Crippen molar-refractivity contribution in [1.82, 2.24) is 10.2 Å². The van der Waals surface area contributed by atoms with Crippen LogP contribution in [0, 0.1) is 5.92 Å². The molecule has 0 aromatic carbocycles. The van der Waals surface area contributed by atoms with Crippen LogP contribution < -0.4 is 5.32 Å². The van der Waals surface area contributed by atoms with Crippen molar-refractivity contribution in [2.75, 3.05) is 44.9 Å². The molecule has 0 aromatic rings. The summed E-state index contributed by atoms with van der Waals surface area (Å²) in [7, 11) is -1.25. The second-order valence-corrected chi connectivity index (χ2v) is 8.03. The lowest BCUT2D eigenvalue weighted by Crippen LogP contribution is -2.47. The summed E-state index contributed by atoms with van der Waals surface area (Å²) < 4.78 is 28.5. The standard InChI is InChI=1S/C13H24N2O4S/c1-15(5-6-19-9-11-2-3-11)13(16)8-12-10-20(17,18)7-4-14-12/h11-12,14H,2-10H2,1H3. The normalized spacial score (nSPS) is 25.4. The Kier molecular flexibility index (Phi) is 5.40. The van der Waals surface area contributed by atoms with Gasteiger partial charge in [0.2, 0.25) is 5.91 Å². The Morgan fingerprint density at radius 3 is 2.80 bits per heavy atom. The fourth-order valence-corrected chi connectivity index (χ4v) is 3.67. The van der Waals surface area contributed by atoms with Gasteiger partial charge in [0.05, 0.1) is 18.1 Å². The van der Waals surface area contributed by atoms with E-state index in [-0.39, 0.29) is 29.9 Å². The first-order valence-electron chi connectivity index (χ1n) is 7.22. The molecule has 1 heterocycles. The first kappa shape index (κ1) is 15.7. The molecule has 1 aliphatic heterocycles. The zero-order valence-electron chi connectivity index (χ0n) is 12.0. The highest BCUT2D eigenvalue weighted by Gasteiger charge is 2.27. The SMILES string of the molecule is CN(CCOCC1CC1)C(=O)CC1CS(=O)(=O)CCN1. The van der Waals surface area contributed by atoms with Gasteiger partial charge in [-0.1, -0.05) is 0 Å². The monoisotopic (exact) mass is 304 g/mol. The molecule has 20 heavy (non-hydrogen) atoms. The maximum atomic E-state index is 12.0. The van der Waals surface area contributed by atoms with Gasteiger partial charge in [-0.05, 0) is 18.8 Å². The van der Waals surface area contributed by atoms with Crippen molar-refractivity contribution in [1.29, 1.82) is 0 Å². The van der Waals surface area contributed by atoms with E-state index >= 15 is 0 Å². The maximum absolute atomic E-state index is 12.0. The zero-order chi connectivity index (χ0) is 14.6. The summed E-state index contributed by atoms with van der Waals surface area (Å²) in [5.41, 5.74) is 0. The Bertz CT molecular complexity index is 434. The number of ether oxygens (including phenoxy) is 1. The van der Waals surface area contributed by atoms with Crippen LogP contribution in [-0.4, -0.2) is 70.1 Å². The van der Waals surface area contributed by atoms with Gasteiger partial charge in [0.1, 0.15) is 0 Å². The molecule has 1 atom stereocenters. The summed E-state index contributed by atoms with van der Waals surface area (Å²) in [6, 6.07) is -0.254. The molecule has 116 valence electrons. The van der Waals surface area contributed by atoms with Gasteiger partial charge in [0.15, 0.2) is 9.84 Å². The molecule has 2 rings (SSSR count). The molecule has 0 spiro atoms. The number of hydrogen-bond donors (Lipinski definition) is 1. The molecule has 0 bridgehead atoms. The number of likely N-dealkylation sites (N-methyl/N-ethyl adjacent to an activating group) is 1. The van der Waals surface area contributed by atoms with Crippen LogP contribution in [-0.2, 0) is 19.4 Å². The van der Waals surface area contributed by atoms with E-state index in [4.69, 9.17) is 4.74 Å². The fraction of sp³-hybridized carbons (Fsp3) is 0.923. The Morgan fingerprint density at radius 2 is 2.15 bits per heavy atom. The molecule has 2 aliphatic rings. The number of amides is 1. The van der Waals surface area contributed by atoms with Gasteiger partial charge < -0.3 is 15.0 Å². The van der Waals surface area contributed by atoms with Gasteiger partial charge in [-0.15, -0.1) is 0 Å². The average molecular weight is 304 g/mol. The van der Waals surface area contributed by atoms with Crippen LogP contribution in [0.4, 0.5) is 0 Å². The van der Waals surface area contributed by atoms with Gasteiger partial charge in [0, 0.05) is 39.2 Å². The van der Waals surface area contributed by atoms with Crippen LogP contribution in [0.2, 0.25) is 0 Å². The van der Waals surface area contributed by atoms with E-state index in [9.17, 15) is 13.2 Å². The van der Waals surface area contributed by atoms with Crippen LogP contribution in [0.15, 0.2) is 0 Å². The van der Waals surface area contributed by atoms with Crippen molar-refractivity contribution in [3.63, 3.8) is 0 Å². The molecule has 1 aliphatic carbocycles. The second kappa shape index (κ2) is 6.87. The van der Waals surface area contributed by atoms with Crippen LogP contribution >= 0.6 is 0 Å². The Balaban J connectivity index is 1.64. The quantitative estimate of drug-likeness (QED) is 0.651. The number of nitrogens with zero attached hydrogens (tertiary/aromatic N) is 1. The Labute approximate surface area is 120 Å². The van der Waals surface area contributed by atoms with E-state index in [0.717, 1.165) is 12.5 Å². The molecule has 6 nitrogen and oxygen atoms in total. The molecule has 1 saturated heterocycles. The molecule has 7 heteroatoms. The summed E-state index contributed by atoms with van der Waals surface area (Å²) in [5.74, 6) is 0.926. The van der Waals surface area contributed by atoms with E-state index in [1.807, 2.05) is 0 Å². The lowest BCUT2D eigenvalue weighted by Gasteiger charge is -2.25. The smallest absolute Gasteiger partial charge is 0.223 e. The third-order valence-electron chi connectivity index (χ3n) is 3.77. The molecule has 2 fully saturated rings. The summed E-state index contributed by atoms with van der Waals surface area (Å²) >= 11 is 0. The molecule has 0 radical (unpaired) electrons. The number of hydrogen-bond acceptors (Lipinski definition) is 5. The number of nitrogens with one attached hydrogen (secondary N) is 1. The van der Waals surface area contributed by atoms with Crippen molar-refractivity contribution in [3.8, 4) is 0 Å². The minimum atomic E-state index is -2.98. The predicted molar refractivity (Wildman–Crippen MR) is 76.2 cm³/mol.